The number of morpholine rings is 1. The average molecular weight is 351 g/mol. The highest BCUT2D eigenvalue weighted by Crippen LogP contribution is 2.40. The molecular formula is C20H25N5O. The summed E-state index contributed by atoms with van der Waals surface area (Å²) in [5, 5.41) is 12.7. The van der Waals surface area contributed by atoms with Gasteiger partial charge in [0.05, 0.1) is 30.6 Å². The van der Waals surface area contributed by atoms with Gasteiger partial charge < -0.3 is 15.0 Å². The third-order valence-corrected chi connectivity index (χ3v) is 5.01. The van der Waals surface area contributed by atoms with Crippen LogP contribution in [0.1, 0.15) is 43.1 Å². The number of aryl methyl sites for hydroxylation is 1. The topological polar surface area (TPSA) is 62.6 Å². The first-order chi connectivity index (χ1) is 12.8. The number of benzene rings is 1. The molecule has 136 valence electrons. The van der Waals surface area contributed by atoms with Gasteiger partial charge in [-0.1, -0.05) is 44.2 Å². The van der Waals surface area contributed by atoms with E-state index in [9.17, 15) is 0 Å². The molecule has 0 radical (unpaired) electrons. The second-order valence-electron chi connectivity index (χ2n) is 6.60. The number of anilines is 2. The van der Waals surface area contributed by atoms with E-state index in [1.165, 1.54) is 5.56 Å². The van der Waals surface area contributed by atoms with Crippen molar-refractivity contribution in [2.24, 2.45) is 4.99 Å². The molecule has 6 heteroatoms. The molecule has 2 aromatic rings. The zero-order chi connectivity index (χ0) is 17.9. The van der Waals surface area contributed by atoms with Crippen molar-refractivity contribution in [3.63, 3.8) is 0 Å². The quantitative estimate of drug-likeness (QED) is 0.916. The van der Waals surface area contributed by atoms with Crippen LogP contribution in [0.5, 0.6) is 0 Å². The first kappa shape index (κ1) is 17.0. The van der Waals surface area contributed by atoms with Crippen LogP contribution in [0.2, 0.25) is 0 Å². The number of ether oxygens (including phenoxy) is 1. The highest BCUT2D eigenvalue weighted by Gasteiger charge is 2.30. The van der Waals surface area contributed by atoms with Crippen molar-refractivity contribution < 1.29 is 4.74 Å². The molecule has 0 saturated carbocycles. The largest absolute Gasteiger partial charge is 0.378 e. The molecule has 26 heavy (non-hydrogen) atoms. The summed E-state index contributed by atoms with van der Waals surface area (Å²) in [6.45, 7) is 7.45. The molecule has 1 saturated heterocycles. The highest BCUT2D eigenvalue weighted by molar-refractivity contribution is 6.10. The number of rotatable bonds is 4. The van der Waals surface area contributed by atoms with E-state index in [4.69, 9.17) is 9.73 Å². The maximum atomic E-state index is 5.51. The van der Waals surface area contributed by atoms with E-state index in [-0.39, 0.29) is 6.04 Å². The van der Waals surface area contributed by atoms with Gasteiger partial charge in [-0.3, -0.25) is 4.99 Å². The van der Waals surface area contributed by atoms with Gasteiger partial charge in [0, 0.05) is 24.2 Å². The summed E-state index contributed by atoms with van der Waals surface area (Å²) in [6, 6.07) is 10.4. The lowest BCUT2D eigenvalue weighted by Crippen LogP contribution is -2.38. The standard InChI is InChI=1S/C20H25N5O/c1-3-15-17-18(22-19(21-15)14-8-6-5-7-9-14)16(4-2)23-24-20(17)25-10-12-26-13-11-25/h5-9,15H,3-4,10-13H2,1-2H3,(H,21,22). The number of fused-ring (bicyclic) bond motifs is 1. The zero-order valence-corrected chi connectivity index (χ0v) is 15.4. The van der Waals surface area contributed by atoms with E-state index < -0.39 is 0 Å². The van der Waals surface area contributed by atoms with Crippen LogP contribution in [-0.4, -0.2) is 42.3 Å². The Hall–Kier alpha value is -2.47. The Morgan fingerprint density at radius 2 is 1.88 bits per heavy atom. The lowest BCUT2D eigenvalue weighted by molar-refractivity contribution is 0.122. The second kappa shape index (κ2) is 7.41. The van der Waals surface area contributed by atoms with Gasteiger partial charge in [0.1, 0.15) is 5.84 Å². The molecule has 1 aromatic carbocycles. The molecule has 1 atom stereocenters. The Labute approximate surface area is 154 Å². The number of aliphatic imine (C=N–C) groups is 1. The molecule has 3 heterocycles. The molecule has 0 aliphatic carbocycles. The van der Waals surface area contributed by atoms with Crippen molar-refractivity contribution in [2.75, 3.05) is 36.5 Å². The van der Waals surface area contributed by atoms with Crippen molar-refractivity contribution in [1.82, 2.24) is 10.2 Å². The average Bonchev–Trinajstić information content (AvgIpc) is 2.73. The highest BCUT2D eigenvalue weighted by atomic mass is 16.5. The van der Waals surface area contributed by atoms with E-state index >= 15 is 0 Å². The minimum absolute atomic E-state index is 0.0834. The number of aromatic nitrogens is 2. The fourth-order valence-electron chi connectivity index (χ4n) is 3.60. The molecule has 2 aliphatic heterocycles. The zero-order valence-electron chi connectivity index (χ0n) is 15.4. The summed E-state index contributed by atoms with van der Waals surface area (Å²) >= 11 is 0. The van der Waals surface area contributed by atoms with Crippen molar-refractivity contribution in [2.45, 2.75) is 32.7 Å². The molecule has 4 rings (SSSR count). The molecule has 2 aliphatic rings. The molecule has 0 amide bonds. The first-order valence-electron chi connectivity index (χ1n) is 9.44. The van der Waals surface area contributed by atoms with Gasteiger partial charge in [-0.25, -0.2) is 0 Å². The maximum absolute atomic E-state index is 5.51. The summed E-state index contributed by atoms with van der Waals surface area (Å²) in [6.07, 6.45) is 1.77. The van der Waals surface area contributed by atoms with Crippen molar-refractivity contribution in [3.05, 3.63) is 47.2 Å². The van der Waals surface area contributed by atoms with Crippen molar-refractivity contribution in [1.29, 1.82) is 0 Å². The summed E-state index contributed by atoms with van der Waals surface area (Å²) < 4.78 is 5.51. The van der Waals surface area contributed by atoms with Gasteiger partial charge >= 0.3 is 0 Å². The summed E-state index contributed by atoms with van der Waals surface area (Å²) in [4.78, 5) is 7.30. The van der Waals surface area contributed by atoms with E-state index in [1.54, 1.807) is 0 Å². The number of nitrogens with zero attached hydrogens (tertiary/aromatic N) is 4. The fraction of sp³-hybridized carbons (Fsp3) is 0.450. The second-order valence-corrected chi connectivity index (χ2v) is 6.60. The third kappa shape index (κ3) is 3.05. The molecule has 0 spiro atoms. The van der Waals surface area contributed by atoms with E-state index in [0.717, 1.165) is 67.7 Å². The summed E-state index contributed by atoms with van der Waals surface area (Å²) in [5.74, 6) is 1.87. The normalized spacial score (nSPS) is 19.5. The summed E-state index contributed by atoms with van der Waals surface area (Å²) in [5.41, 5.74) is 4.37. The van der Waals surface area contributed by atoms with Crippen LogP contribution in [0.4, 0.5) is 11.5 Å². The number of hydrogen-bond acceptors (Lipinski definition) is 6. The van der Waals surface area contributed by atoms with E-state index in [1.807, 2.05) is 18.2 Å². The first-order valence-corrected chi connectivity index (χ1v) is 9.44. The number of nitrogens with one attached hydrogen (secondary N) is 1. The lowest BCUT2D eigenvalue weighted by atomic mass is 9.98. The SMILES string of the molecule is CCc1nnc(N2CCOCC2)c2c1NC(c1ccccc1)=NC2CC. The molecular weight excluding hydrogens is 326 g/mol. The molecule has 1 unspecified atom stereocenters. The summed E-state index contributed by atoms with van der Waals surface area (Å²) in [7, 11) is 0. The van der Waals surface area contributed by atoms with Crippen LogP contribution in [-0.2, 0) is 11.2 Å². The minimum atomic E-state index is 0.0834. The molecule has 1 fully saturated rings. The lowest BCUT2D eigenvalue weighted by Gasteiger charge is -2.33. The van der Waals surface area contributed by atoms with Crippen molar-refractivity contribution >= 4 is 17.3 Å². The van der Waals surface area contributed by atoms with Crippen LogP contribution in [0.25, 0.3) is 0 Å². The van der Waals surface area contributed by atoms with Gasteiger partial charge in [0.2, 0.25) is 0 Å². The Kier molecular flexibility index (Phi) is 4.84. The van der Waals surface area contributed by atoms with E-state index in [0.29, 0.717) is 0 Å². The predicted octanol–water partition coefficient (Wildman–Crippen LogP) is 3.20. The van der Waals surface area contributed by atoms with E-state index in [2.05, 4.69) is 46.4 Å². The van der Waals surface area contributed by atoms with Gasteiger partial charge in [0.25, 0.3) is 0 Å². The van der Waals surface area contributed by atoms with Gasteiger partial charge in [-0.15, -0.1) is 5.10 Å². The molecule has 1 aromatic heterocycles. The van der Waals surface area contributed by atoms with Crippen LogP contribution >= 0.6 is 0 Å². The van der Waals surface area contributed by atoms with Gasteiger partial charge in [-0.2, -0.15) is 5.10 Å². The Morgan fingerprint density at radius 3 is 2.58 bits per heavy atom. The van der Waals surface area contributed by atoms with Crippen LogP contribution in [0.15, 0.2) is 35.3 Å². The number of amidine groups is 1. The van der Waals surface area contributed by atoms with Gasteiger partial charge in [-0.05, 0) is 12.8 Å². The van der Waals surface area contributed by atoms with Crippen LogP contribution in [0.3, 0.4) is 0 Å². The Morgan fingerprint density at radius 1 is 1.12 bits per heavy atom. The minimum Gasteiger partial charge on any atom is -0.378 e. The number of hydrogen-bond donors (Lipinski definition) is 1. The molecule has 6 nitrogen and oxygen atoms in total. The third-order valence-electron chi connectivity index (χ3n) is 5.01. The smallest absolute Gasteiger partial charge is 0.158 e. The Balaban J connectivity index is 1.80. The Bertz CT molecular complexity index is 799. The van der Waals surface area contributed by atoms with Crippen LogP contribution in [0, 0.1) is 0 Å². The fourth-order valence-corrected chi connectivity index (χ4v) is 3.60. The molecule has 1 N–H and O–H groups in total. The molecule has 0 bridgehead atoms. The maximum Gasteiger partial charge on any atom is 0.158 e. The van der Waals surface area contributed by atoms with Crippen LogP contribution < -0.4 is 10.2 Å². The van der Waals surface area contributed by atoms with Crippen molar-refractivity contribution in [3.8, 4) is 0 Å². The predicted molar refractivity (Wildman–Crippen MR) is 104 cm³/mol. The monoisotopic (exact) mass is 351 g/mol. The van der Waals surface area contributed by atoms with Gasteiger partial charge in [0.15, 0.2) is 5.82 Å².